The highest BCUT2D eigenvalue weighted by Crippen LogP contribution is 2.16. The van der Waals surface area contributed by atoms with Gasteiger partial charge in [0.2, 0.25) is 0 Å². The number of unbranched alkanes of at least 4 members (excludes halogenated alkanes) is 31. The maximum atomic E-state index is 12.9. The average molecular weight is 1060 g/mol. The molecule has 1 atom stereocenters. The van der Waals surface area contributed by atoms with Gasteiger partial charge in [-0.2, -0.15) is 0 Å². The molecule has 0 fully saturated rings. The summed E-state index contributed by atoms with van der Waals surface area (Å²) in [5.74, 6) is -0.908. The van der Waals surface area contributed by atoms with E-state index < -0.39 is 6.10 Å². The van der Waals surface area contributed by atoms with Crippen LogP contribution in [0.25, 0.3) is 0 Å². The molecule has 0 aliphatic carbocycles. The van der Waals surface area contributed by atoms with E-state index in [1.54, 1.807) is 0 Å². The summed E-state index contributed by atoms with van der Waals surface area (Å²) in [5.41, 5.74) is 0. The quantitative estimate of drug-likeness (QED) is 0.0261. The van der Waals surface area contributed by atoms with Crippen molar-refractivity contribution in [1.82, 2.24) is 0 Å². The molecule has 0 aromatic heterocycles. The van der Waals surface area contributed by atoms with Crippen LogP contribution in [0.2, 0.25) is 0 Å². The van der Waals surface area contributed by atoms with Gasteiger partial charge in [0.1, 0.15) is 13.2 Å². The van der Waals surface area contributed by atoms with Crippen LogP contribution >= 0.6 is 0 Å². The first-order chi connectivity index (χ1) is 37.5. The minimum absolute atomic E-state index is 0.0880. The van der Waals surface area contributed by atoms with Crippen LogP contribution in [0.4, 0.5) is 0 Å². The molecule has 0 amide bonds. The molecule has 436 valence electrons. The standard InChI is InChI=1S/C70H120O6/c1-4-7-10-13-16-19-22-25-28-31-33-34-35-36-37-40-42-45-48-51-54-57-60-63-69(72)75-66-67(65-74-68(71)62-59-56-53-50-47-44-41-38-30-27-24-21-18-15-12-9-6-3)76-70(73)64-61-58-55-52-49-46-43-39-32-29-26-23-20-17-14-11-8-5-2/h7,10,16,18-19,21,25,27-28,30,33-34,36-37,42,45,67H,4-6,8-9,11-15,17,20,22-24,26,29,31-32,35,38-41,43-44,46-66H2,1-3H3/b10-7-,19-16-,21-18-,28-25-,30-27-,34-33-,37-36-,45-42-. The van der Waals surface area contributed by atoms with Crippen LogP contribution < -0.4 is 0 Å². The van der Waals surface area contributed by atoms with Crippen molar-refractivity contribution < 1.29 is 28.6 Å². The molecule has 0 radical (unpaired) electrons. The van der Waals surface area contributed by atoms with Crippen molar-refractivity contribution >= 4 is 17.9 Å². The number of hydrogen-bond acceptors (Lipinski definition) is 6. The van der Waals surface area contributed by atoms with Crippen molar-refractivity contribution in [1.29, 1.82) is 0 Å². The van der Waals surface area contributed by atoms with E-state index in [1.165, 1.54) is 148 Å². The molecule has 0 aliphatic heterocycles. The van der Waals surface area contributed by atoms with E-state index in [0.717, 1.165) is 122 Å². The summed E-state index contributed by atoms with van der Waals surface area (Å²) in [4.78, 5) is 38.4. The number of hydrogen-bond donors (Lipinski definition) is 0. The summed E-state index contributed by atoms with van der Waals surface area (Å²) in [6, 6.07) is 0. The van der Waals surface area contributed by atoms with Crippen LogP contribution in [0.15, 0.2) is 97.2 Å². The van der Waals surface area contributed by atoms with Gasteiger partial charge in [-0.05, 0) is 103 Å². The molecular weight excluding hydrogens is 937 g/mol. The third kappa shape index (κ3) is 61.2. The Hall–Kier alpha value is -3.67. The summed E-state index contributed by atoms with van der Waals surface area (Å²) in [6.07, 6.45) is 85.5. The van der Waals surface area contributed by atoms with E-state index in [9.17, 15) is 14.4 Å². The fraction of sp³-hybridized carbons (Fsp3) is 0.729. The minimum Gasteiger partial charge on any atom is -0.462 e. The van der Waals surface area contributed by atoms with Gasteiger partial charge >= 0.3 is 17.9 Å². The van der Waals surface area contributed by atoms with Gasteiger partial charge in [0, 0.05) is 19.3 Å². The number of carbonyl (C=O) groups is 3. The number of esters is 3. The Morgan fingerprint density at radius 3 is 0.829 bits per heavy atom. The van der Waals surface area contributed by atoms with Crippen LogP contribution in [0.3, 0.4) is 0 Å². The van der Waals surface area contributed by atoms with Gasteiger partial charge in [-0.15, -0.1) is 0 Å². The van der Waals surface area contributed by atoms with Gasteiger partial charge < -0.3 is 14.2 Å². The molecule has 0 aromatic rings. The van der Waals surface area contributed by atoms with Crippen LogP contribution in [0.5, 0.6) is 0 Å². The topological polar surface area (TPSA) is 78.9 Å². The molecule has 6 heteroatoms. The Bertz CT molecular complexity index is 1490. The fourth-order valence-electron chi connectivity index (χ4n) is 9.01. The van der Waals surface area contributed by atoms with Gasteiger partial charge in [0.05, 0.1) is 0 Å². The Kier molecular flexibility index (Phi) is 60.8. The molecular formula is C70H120O6. The van der Waals surface area contributed by atoms with Gasteiger partial charge in [-0.25, -0.2) is 0 Å². The molecule has 0 saturated heterocycles. The predicted molar refractivity (Wildman–Crippen MR) is 330 cm³/mol. The fourth-order valence-corrected chi connectivity index (χ4v) is 9.01. The average Bonchev–Trinajstić information content (AvgIpc) is 3.42. The highest BCUT2D eigenvalue weighted by atomic mass is 16.6. The SMILES string of the molecule is CC/C=C\C/C=C\C/C=C\C/C=C\C/C=C\C/C=C\CCCCCCC(=O)OCC(COC(=O)CCCCCCCCC/C=C\C/C=C\CCCCC)OC(=O)CCCCCCCCCCCCCCCCCCCC. The first kappa shape index (κ1) is 72.3. The van der Waals surface area contributed by atoms with E-state index >= 15 is 0 Å². The zero-order chi connectivity index (χ0) is 55.0. The third-order valence-electron chi connectivity index (χ3n) is 13.8. The molecule has 0 rings (SSSR count). The molecule has 0 bridgehead atoms. The smallest absolute Gasteiger partial charge is 0.306 e. The Labute approximate surface area is 470 Å². The lowest BCUT2D eigenvalue weighted by Crippen LogP contribution is -2.30. The third-order valence-corrected chi connectivity index (χ3v) is 13.8. The maximum Gasteiger partial charge on any atom is 0.306 e. The van der Waals surface area contributed by atoms with Crippen LogP contribution in [0.1, 0.15) is 310 Å². The zero-order valence-electron chi connectivity index (χ0n) is 50.0. The molecule has 0 saturated carbocycles. The van der Waals surface area contributed by atoms with Crippen molar-refractivity contribution in [2.45, 2.75) is 316 Å². The van der Waals surface area contributed by atoms with Crippen LogP contribution in [-0.4, -0.2) is 37.2 Å². The van der Waals surface area contributed by atoms with Crippen molar-refractivity contribution in [2.75, 3.05) is 13.2 Å². The Morgan fingerprint density at radius 1 is 0.276 bits per heavy atom. The number of rotatable bonds is 58. The summed E-state index contributed by atoms with van der Waals surface area (Å²) in [5, 5.41) is 0. The number of carbonyl (C=O) groups excluding carboxylic acids is 3. The second-order valence-corrected chi connectivity index (χ2v) is 21.3. The Balaban J connectivity index is 4.43. The minimum atomic E-state index is -0.792. The second-order valence-electron chi connectivity index (χ2n) is 21.3. The molecule has 1 unspecified atom stereocenters. The highest BCUT2D eigenvalue weighted by Gasteiger charge is 2.19. The van der Waals surface area contributed by atoms with Crippen molar-refractivity contribution in [3.63, 3.8) is 0 Å². The van der Waals surface area contributed by atoms with E-state index in [4.69, 9.17) is 14.2 Å². The lowest BCUT2D eigenvalue weighted by atomic mass is 10.0. The summed E-state index contributed by atoms with van der Waals surface area (Å²) in [7, 11) is 0. The summed E-state index contributed by atoms with van der Waals surface area (Å²) in [6.45, 7) is 6.51. The van der Waals surface area contributed by atoms with Crippen LogP contribution in [0, 0.1) is 0 Å². The van der Waals surface area contributed by atoms with Crippen molar-refractivity contribution in [3.8, 4) is 0 Å². The van der Waals surface area contributed by atoms with Gasteiger partial charge in [-0.1, -0.05) is 285 Å². The lowest BCUT2D eigenvalue weighted by Gasteiger charge is -2.18. The molecule has 0 heterocycles. The Morgan fingerprint density at radius 2 is 0.513 bits per heavy atom. The molecule has 0 aromatic carbocycles. The summed E-state index contributed by atoms with van der Waals surface area (Å²) < 4.78 is 16.9. The first-order valence-corrected chi connectivity index (χ1v) is 32.2. The van der Waals surface area contributed by atoms with Crippen molar-refractivity contribution in [2.24, 2.45) is 0 Å². The zero-order valence-corrected chi connectivity index (χ0v) is 50.0. The lowest BCUT2D eigenvalue weighted by molar-refractivity contribution is -0.167. The molecule has 0 N–H and O–H groups in total. The largest absolute Gasteiger partial charge is 0.462 e. The predicted octanol–water partition coefficient (Wildman–Crippen LogP) is 22.0. The first-order valence-electron chi connectivity index (χ1n) is 32.2. The molecule has 76 heavy (non-hydrogen) atoms. The van der Waals surface area contributed by atoms with Crippen LogP contribution in [-0.2, 0) is 28.6 Å². The van der Waals surface area contributed by atoms with Gasteiger partial charge in [0.15, 0.2) is 6.10 Å². The summed E-state index contributed by atoms with van der Waals surface area (Å²) >= 11 is 0. The normalized spacial score (nSPS) is 12.7. The van der Waals surface area contributed by atoms with E-state index in [0.29, 0.717) is 19.3 Å². The number of ether oxygens (including phenoxy) is 3. The van der Waals surface area contributed by atoms with E-state index in [2.05, 4.69) is 118 Å². The van der Waals surface area contributed by atoms with E-state index in [-0.39, 0.29) is 31.1 Å². The highest BCUT2D eigenvalue weighted by molar-refractivity contribution is 5.71. The van der Waals surface area contributed by atoms with Gasteiger partial charge in [0.25, 0.3) is 0 Å². The molecule has 0 aliphatic rings. The van der Waals surface area contributed by atoms with Crippen molar-refractivity contribution in [3.05, 3.63) is 97.2 Å². The second kappa shape index (κ2) is 63.9. The number of allylic oxidation sites excluding steroid dienone is 16. The molecule has 6 nitrogen and oxygen atoms in total. The maximum absolute atomic E-state index is 12.9. The van der Waals surface area contributed by atoms with Gasteiger partial charge in [-0.3, -0.25) is 14.4 Å². The van der Waals surface area contributed by atoms with E-state index in [1.807, 2.05) is 0 Å². The molecule has 0 spiro atoms. The monoisotopic (exact) mass is 1060 g/mol.